The molecule has 0 unspecified atom stereocenters. The second-order valence-corrected chi connectivity index (χ2v) is 3.52. The Labute approximate surface area is 107 Å². The molecule has 96 valence electrons. The third-order valence-corrected chi connectivity index (χ3v) is 1.99. The van der Waals surface area contributed by atoms with Gasteiger partial charge in [0.25, 0.3) is 0 Å². The van der Waals surface area contributed by atoms with Crippen LogP contribution in [0.2, 0.25) is 0 Å². The molecule has 4 N–H and O–H groups in total. The molecule has 18 heavy (non-hydrogen) atoms. The Hall–Kier alpha value is -2.42. The van der Waals surface area contributed by atoms with Crippen LogP contribution in [0.5, 0.6) is 11.5 Å². The van der Waals surface area contributed by atoms with Crippen molar-refractivity contribution in [1.82, 2.24) is 5.43 Å². The number of benzene rings is 1. The Morgan fingerprint density at radius 3 is 2.89 bits per heavy atom. The van der Waals surface area contributed by atoms with Gasteiger partial charge in [-0.25, -0.2) is 0 Å². The van der Waals surface area contributed by atoms with Crippen molar-refractivity contribution in [2.75, 3.05) is 7.11 Å². The number of nitro benzene ring substituents is 1. The zero-order valence-electron chi connectivity index (χ0n) is 9.28. The zero-order chi connectivity index (χ0) is 13.7. The van der Waals surface area contributed by atoms with Gasteiger partial charge in [0.2, 0.25) is 5.75 Å². The van der Waals surface area contributed by atoms with Crippen LogP contribution in [0, 0.1) is 10.1 Å². The fourth-order valence-electron chi connectivity index (χ4n) is 1.14. The zero-order valence-corrected chi connectivity index (χ0v) is 10.1. The number of hydrogen-bond donors (Lipinski definition) is 3. The summed E-state index contributed by atoms with van der Waals surface area (Å²) in [6.45, 7) is 0. The van der Waals surface area contributed by atoms with E-state index in [4.69, 9.17) is 10.5 Å². The smallest absolute Gasteiger partial charge is 0.315 e. The number of methoxy groups -OCH3 is 1. The molecule has 9 heteroatoms. The molecule has 0 aliphatic carbocycles. The summed E-state index contributed by atoms with van der Waals surface area (Å²) < 4.78 is 4.88. The summed E-state index contributed by atoms with van der Waals surface area (Å²) >= 11 is 4.52. The summed E-state index contributed by atoms with van der Waals surface area (Å²) in [6.07, 6.45) is 1.14. The van der Waals surface area contributed by atoms with E-state index in [1.54, 1.807) is 0 Å². The molecule has 0 fully saturated rings. The Morgan fingerprint density at radius 1 is 1.72 bits per heavy atom. The normalized spacial score (nSPS) is 10.3. The van der Waals surface area contributed by atoms with Gasteiger partial charge in [0.15, 0.2) is 5.11 Å². The van der Waals surface area contributed by atoms with Gasteiger partial charge in [0, 0.05) is 5.56 Å². The first-order chi connectivity index (χ1) is 8.45. The number of phenols is 1. The lowest BCUT2D eigenvalue weighted by Gasteiger charge is -2.04. The third kappa shape index (κ3) is 3.28. The fourth-order valence-corrected chi connectivity index (χ4v) is 1.19. The van der Waals surface area contributed by atoms with Gasteiger partial charge in [-0.1, -0.05) is 0 Å². The molecular weight excluding hydrogens is 260 g/mol. The molecular formula is C9H10N4O4S. The van der Waals surface area contributed by atoms with Crippen molar-refractivity contribution in [2.45, 2.75) is 0 Å². The Bertz CT molecular complexity index is 518. The molecule has 0 radical (unpaired) electrons. The van der Waals surface area contributed by atoms with E-state index in [1.807, 2.05) is 0 Å². The quantitative estimate of drug-likeness (QED) is 0.314. The van der Waals surface area contributed by atoms with Gasteiger partial charge in [0.05, 0.1) is 24.3 Å². The number of thiocarbonyl (C=S) groups is 1. The Kier molecular flexibility index (Phi) is 4.38. The maximum Gasteiger partial charge on any atom is 0.315 e. The van der Waals surface area contributed by atoms with Crippen molar-refractivity contribution in [3.8, 4) is 11.5 Å². The molecule has 0 saturated carbocycles. The van der Waals surface area contributed by atoms with Crippen LogP contribution in [-0.2, 0) is 0 Å². The van der Waals surface area contributed by atoms with E-state index in [0.29, 0.717) is 0 Å². The van der Waals surface area contributed by atoms with Crippen LogP contribution in [0.15, 0.2) is 17.2 Å². The number of aromatic hydroxyl groups is 1. The van der Waals surface area contributed by atoms with Crippen LogP contribution in [0.3, 0.4) is 0 Å². The number of ether oxygens (including phenoxy) is 1. The first-order valence-electron chi connectivity index (χ1n) is 4.59. The minimum absolute atomic E-state index is 0.0665. The Morgan fingerprint density at radius 2 is 2.39 bits per heavy atom. The molecule has 8 nitrogen and oxygen atoms in total. The molecule has 0 aromatic heterocycles. The number of nitrogens with two attached hydrogens (primary N) is 1. The van der Waals surface area contributed by atoms with Gasteiger partial charge in [0.1, 0.15) is 5.75 Å². The van der Waals surface area contributed by atoms with Crippen molar-refractivity contribution >= 4 is 29.2 Å². The molecule has 0 amide bonds. The average Bonchev–Trinajstić information content (AvgIpc) is 2.30. The van der Waals surface area contributed by atoms with Crippen molar-refractivity contribution in [3.63, 3.8) is 0 Å². The first-order valence-corrected chi connectivity index (χ1v) is 5.00. The highest BCUT2D eigenvalue weighted by Crippen LogP contribution is 2.33. The Balaban J connectivity index is 3.17. The van der Waals surface area contributed by atoms with Crippen LogP contribution in [0.1, 0.15) is 5.56 Å². The van der Waals surface area contributed by atoms with Gasteiger partial charge in [-0.3, -0.25) is 15.5 Å². The van der Waals surface area contributed by atoms with E-state index in [2.05, 4.69) is 22.7 Å². The predicted octanol–water partition coefficient (Wildman–Crippen LogP) is 0.476. The van der Waals surface area contributed by atoms with Gasteiger partial charge in [-0.2, -0.15) is 5.10 Å². The topological polar surface area (TPSA) is 123 Å². The lowest BCUT2D eigenvalue weighted by atomic mass is 10.1. The fraction of sp³-hybridized carbons (Fsp3) is 0.111. The van der Waals surface area contributed by atoms with Gasteiger partial charge in [-0.05, 0) is 18.3 Å². The average molecular weight is 270 g/mol. The molecule has 0 aliphatic rings. The largest absolute Gasteiger partial charge is 0.502 e. The lowest BCUT2D eigenvalue weighted by Crippen LogP contribution is -2.24. The van der Waals surface area contributed by atoms with Crippen LogP contribution in [-0.4, -0.2) is 28.5 Å². The third-order valence-electron chi connectivity index (χ3n) is 1.90. The molecule has 0 atom stereocenters. The van der Waals surface area contributed by atoms with Crippen LogP contribution < -0.4 is 15.9 Å². The van der Waals surface area contributed by atoms with E-state index >= 15 is 0 Å². The minimum Gasteiger partial charge on any atom is -0.502 e. The van der Waals surface area contributed by atoms with Crippen molar-refractivity contribution in [2.24, 2.45) is 10.8 Å². The lowest BCUT2D eigenvalue weighted by molar-refractivity contribution is -0.385. The molecule has 1 aromatic rings. The molecule has 1 aromatic carbocycles. The molecule has 0 spiro atoms. The number of nitro groups is 1. The monoisotopic (exact) mass is 270 g/mol. The molecule has 0 aliphatic heterocycles. The second kappa shape index (κ2) is 5.77. The van der Waals surface area contributed by atoms with E-state index in [1.165, 1.54) is 13.2 Å². The second-order valence-electron chi connectivity index (χ2n) is 3.08. The summed E-state index contributed by atoms with van der Waals surface area (Å²) in [5.41, 5.74) is 7.03. The summed E-state index contributed by atoms with van der Waals surface area (Å²) in [6, 6.07) is 2.49. The number of hydrogen-bond acceptors (Lipinski definition) is 6. The summed E-state index contributed by atoms with van der Waals surface area (Å²) in [7, 11) is 1.35. The van der Waals surface area contributed by atoms with E-state index in [9.17, 15) is 15.2 Å². The summed E-state index contributed by atoms with van der Waals surface area (Å²) in [4.78, 5) is 9.99. The number of rotatable bonds is 4. The minimum atomic E-state index is -0.726. The molecule has 0 bridgehead atoms. The van der Waals surface area contributed by atoms with E-state index in [-0.39, 0.29) is 16.4 Å². The molecule has 0 saturated heterocycles. The summed E-state index contributed by atoms with van der Waals surface area (Å²) in [5, 5.41) is 23.9. The maximum absolute atomic E-state index is 10.7. The standard InChI is InChI=1S/C9H10N4O4S/c1-17-6-2-5(4-11-12-9(10)18)8(14)7(3-6)13(15)16/h2-4,14H,1H3,(H3,10,12,18). The molecule has 0 heterocycles. The number of hydrazone groups is 1. The first kappa shape index (κ1) is 13.6. The molecule has 1 rings (SSSR count). The van der Waals surface area contributed by atoms with E-state index < -0.39 is 16.4 Å². The number of phenolic OH excluding ortho intramolecular Hbond substituents is 1. The van der Waals surface area contributed by atoms with Gasteiger partial charge >= 0.3 is 5.69 Å². The van der Waals surface area contributed by atoms with Crippen molar-refractivity contribution in [3.05, 3.63) is 27.8 Å². The van der Waals surface area contributed by atoms with Crippen LogP contribution in [0.25, 0.3) is 0 Å². The van der Waals surface area contributed by atoms with Crippen molar-refractivity contribution in [1.29, 1.82) is 0 Å². The summed E-state index contributed by atoms with van der Waals surface area (Å²) in [5.74, 6) is -0.300. The highest BCUT2D eigenvalue weighted by Gasteiger charge is 2.18. The SMILES string of the molecule is COc1cc(C=NNC(N)=S)c(O)c([N+](=O)[O-])c1. The van der Waals surface area contributed by atoms with Crippen LogP contribution in [0.4, 0.5) is 5.69 Å². The van der Waals surface area contributed by atoms with Crippen LogP contribution >= 0.6 is 12.2 Å². The van der Waals surface area contributed by atoms with Crippen molar-refractivity contribution < 1.29 is 14.8 Å². The highest BCUT2D eigenvalue weighted by atomic mass is 32.1. The predicted molar refractivity (Wildman–Crippen MR) is 68.8 cm³/mol. The highest BCUT2D eigenvalue weighted by molar-refractivity contribution is 7.80. The van der Waals surface area contributed by atoms with Gasteiger partial charge in [-0.15, -0.1) is 0 Å². The van der Waals surface area contributed by atoms with E-state index in [0.717, 1.165) is 12.3 Å². The van der Waals surface area contributed by atoms with Gasteiger partial charge < -0.3 is 15.6 Å². The maximum atomic E-state index is 10.7. The number of nitrogens with one attached hydrogen (secondary N) is 1. The number of nitrogens with zero attached hydrogens (tertiary/aromatic N) is 2.